The van der Waals surface area contributed by atoms with E-state index in [0.29, 0.717) is 6.04 Å². The number of nitrogens with zero attached hydrogens (tertiary/aromatic N) is 1. The number of anilines is 1. The van der Waals surface area contributed by atoms with E-state index in [0.717, 1.165) is 5.75 Å². The highest BCUT2D eigenvalue weighted by Crippen LogP contribution is 2.19. The fraction of sp³-hybridized carbons (Fsp3) is 0.600. The van der Waals surface area contributed by atoms with Crippen LogP contribution < -0.4 is 10.1 Å². The predicted molar refractivity (Wildman–Crippen MR) is 76.4 cm³/mol. The molecule has 0 saturated carbocycles. The zero-order valence-electron chi connectivity index (χ0n) is 11.5. The third kappa shape index (κ3) is 3.64. The van der Waals surface area contributed by atoms with Crippen LogP contribution in [0.25, 0.3) is 0 Å². The van der Waals surface area contributed by atoms with E-state index < -0.39 is 0 Å². The molecule has 100 valence electrons. The van der Waals surface area contributed by atoms with Crippen LogP contribution in [0.5, 0.6) is 5.75 Å². The summed E-state index contributed by atoms with van der Waals surface area (Å²) < 4.78 is 5.17. The van der Waals surface area contributed by atoms with Crippen molar-refractivity contribution in [1.29, 1.82) is 0 Å². The van der Waals surface area contributed by atoms with Crippen molar-refractivity contribution in [3.05, 3.63) is 24.3 Å². The van der Waals surface area contributed by atoms with Crippen LogP contribution in [0, 0.1) is 0 Å². The molecule has 0 unspecified atom stereocenters. The van der Waals surface area contributed by atoms with Crippen molar-refractivity contribution in [3.63, 3.8) is 0 Å². The standard InChI is InChI=1S/C15H24N2O/c1-3-10-17-11-8-14(9-12-17)16-13-4-6-15(18-2)7-5-13/h4-7,14,16H,3,8-12H2,1-2H3. The van der Waals surface area contributed by atoms with Gasteiger partial charge in [-0.25, -0.2) is 0 Å². The van der Waals surface area contributed by atoms with Gasteiger partial charge < -0.3 is 15.0 Å². The highest BCUT2D eigenvalue weighted by atomic mass is 16.5. The molecule has 3 heteroatoms. The van der Waals surface area contributed by atoms with E-state index in [9.17, 15) is 0 Å². The Morgan fingerprint density at radius 1 is 1.22 bits per heavy atom. The van der Waals surface area contributed by atoms with Crippen LogP contribution >= 0.6 is 0 Å². The summed E-state index contributed by atoms with van der Waals surface area (Å²) in [6, 6.07) is 8.82. The summed E-state index contributed by atoms with van der Waals surface area (Å²) in [4.78, 5) is 2.56. The highest BCUT2D eigenvalue weighted by Gasteiger charge is 2.17. The van der Waals surface area contributed by atoms with Crippen molar-refractivity contribution >= 4 is 5.69 Å². The lowest BCUT2D eigenvalue weighted by Gasteiger charge is -2.32. The summed E-state index contributed by atoms with van der Waals surface area (Å²) >= 11 is 0. The predicted octanol–water partition coefficient (Wildman–Crippen LogP) is 2.98. The van der Waals surface area contributed by atoms with Gasteiger partial charge in [-0.2, -0.15) is 0 Å². The Hall–Kier alpha value is -1.22. The lowest BCUT2D eigenvalue weighted by molar-refractivity contribution is 0.219. The van der Waals surface area contributed by atoms with Gasteiger partial charge in [0.1, 0.15) is 5.75 Å². The first-order valence-corrected chi connectivity index (χ1v) is 6.94. The second-order valence-electron chi connectivity index (χ2n) is 4.99. The SMILES string of the molecule is CCCN1CCC(Nc2ccc(OC)cc2)CC1. The maximum absolute atomic E-state index is 5.17. The normalized spacial score (nSPS) is 17.7. The molecule has 0 bridgehead atoms. The fourth-order valence-electron chi connectivity index (χ4n) is 2.54. The van der Waals surface area contributed by atoms with Crippen molar-refractivity contribution in [2.24, 2.45) is 0 Å². The van der Waals surface area contributed by atoms with Gasteiger partial charge in [-0.05, 0) is 50.1 Å². The molecule has 0 radical (unpaired) electrons. The first kappa shape index (κ1) is 13.2. The van der Waals surface area contributed by atoms with E-state index in [4.69, 9.17) is 4.74 Å². The largest absolute Gasteiger partial charge is 0.497 e. The second kappa shape index (κ2) is 6.64. The zero-order valence-corrected chi connectivity index (χ0v) is 11.5. The minimum absolute atomic E-state index is 0.617. The van der Waals surface area contributed by atoms with Gasteiger partial charge in [0.25, 0.3) is 0 Å². The monoisotopic (exact) mass is 248 g/mol. The average Bonchev–Trinajstić information content (AvgIpc) is 2.42. The number of methoxy groups -OCH3 is 1. The molecule has 1 N–H and O–H groups in total. The Balaban J connectivity index is 1.80. The van der Waals surface area contributed by atoms with Gasteiger partial charge in [0.15, 0.2) is 0 Å². The molecule has 0 amide bonds. The van der Waals surface area contributed by atoms with Gasteiger partial charge >= 0.3 is 0 Å². The smallest absolute Gasteiger partial charge is 0.119 e. The van der Waals surface area contributed by atoms with Crippen LogP contribution in [0.1, 0.15) is 26.2 Å². The number of piperidine rings is 1. The zero-order chi connectivity index (χ0) is 12.8. The number of likely N-dealkylation sites (tertiary alicyclic amines) is 1. The van der Waals surface area contributed by atoms with Crippen molar-refractivity contribution in [2.75, 3.05) is 32.1 Å². The van der Waals surface area contributed by atoms with Crippen molar-refractivity contribution in [2.45, 2.75) is 32.2 Å². The Morgan fingerprint density at radius 2 is 1.89 bits per heavy atom. The topological polar surface area (TPSA) is 24.5 Å². The first-order chi connectivity index (χ1) is 8.81. The van der Waals surface area contributed by atoms with Crippen LogP contribution in [-0.4, -0.2) is 37.7 Å². The molecule has 1 aromatic carbocycles. The summed E-state index contributed by atoms with van der Waals surface area (Å²) in [7, 11) is 1.70. The Bertz CT molecular complexity index is 342. The van der Waals surface area contributed by atoms with Gasteiger partial charge in [0, 0.05) is 24.8 Å². The van der Waals surface area contributed by atoms with Crippen molar-refractivity contribution < 1.29 is 4.74 Å². The highest BCUT2D eigenvalue weighted by molar-refractivity contribution is 5.47. The molecule has 1 heterocycles. The molecular formula is C15H24N2O. The Kier molecular flexibility index (Phi) is 4.88. The van der Waals surface area contributed by atoms with Gasteiger partial charge in [0.2, 0.25) is 0 Å². The molecule has 1 fully saturated rings. The molecule has 2 rings (SSSR count). The molecule has 1 aromatic rings. The van der Waals surface area contributed by atoms with Crippen LogP contribution in [-0.2, 0) is 0 Å². The summed E-state index contributed by atoms with van der Waals surface area (Å²) in [6.45, 7) is 5.94. The van der Waals surface area contributed by atoms with E-state index in [1.54, 1.807) is 7.11 Å². The fourth-order valence-corrected chi connectivity index (χ4v) is 2.54. The molecule has 0 aromatic heterocycles. The third-order valence-corrected chi connectivity index (χ3v) is 3.59. The second-order valence-corrected chi connectivity index (χ2v) is 4.99. The lowest BCUT2D eigenvalue weighted by Crippen LogP contribution is -2.39. The summed E-state index contributed by atoms with van der Waals surface area (Å²) in [5, 5.41) is 3.61. The molecule has 0 aliphatic carbocycles. The number of nitrogens with one attached hydrogen (secondary N) is 1. The number of benzene rings is 1. The van der Waals surface area contributed by atoms with Gasteiger partial charge in [-0.1, -0.05) is 6.92 Å². The Morgan fingerprint density at radius 3 is 2.44 bits per heavy atom. The van der Waals surface area contributed by atoms with Gasteiger partial charge in [0.05, 0.1) is 7.11 Å². The molecule has 0 atom stereocenters. The van der Waals surface area contributed by atoms with Gasteiger partial charge in [-0.3, -0.25) is 0 Å². The molecule has 1 aliphatic rings. The van der Waals surface area contributed by atoms with E-state index in [1.165, 1.54) is 44.6 Å². The molecule has 18 heavy (non-hydrogen) atoms. The maximum Gasteiger partial charge on any atom is 0.119 e. The average molecular weight is 248 g/mol. The molecule has 0 spiro atoms. The number of hydrogen-bond donors (Lipinski definition) is 1. The summed E-state index contributed by atoms with van der Waals surface area (Å²) in [5.74, 6) is 0.915. The first-order valence-electron chi connectivity index (χ1n) is 6.94. The van der Waals surface area contributed by atoms with Crippen LogP contribution in [0.2, 0.25) is 0 Å². The number of rotatable bonds is 5. The van der Waals surface area contributed by atoms with Crippen LogP contribution in [0.15, 0.2) is 24.3 Å². The maximum atomic E-state index is 5.17. The van der Waals surface area contributed by atoms with Crippen LogP contribution in [0.4, 0.5) is 5.69 Å². The summed E-state index contributed by atoms with van der Waals surface area (Å²) in [6.07, 6.45) is 3.74. The minimum Gasteiger partial charge on any atom is -0.497 e. The quantitative estimate of drug-likeness (QED) is 0.867. The van der Waals surface area contributed by atoms with E-state index in [1.807, 2.05) is 12.1 Å². The van der Waals surface area contributed by atoms with E-state index in [2.05, 4.69) is 29.3 Å². The molecule has 1 saturated heterocycles. The van der Waals surface area contributed by atoms with Crippen LogP contribution in [0.3, 0.4) is 0 Å². The van der Waals surface area contributed by atoms with Crippen molar-refractivity contribution in [1.82, 2.24) is 4.90 Å². The Labute approximate surface area is 110 Å². The van der Waals surface area contributed by atoms with E-state index >= 15 is 0 Å². The van der Waals surface area contributed by atoms with E-state index in [-0.39, 0.29) is 0 Å². The molecular weight excluding hydrogens is 224 g/mol. The number of hydrogen-bond acceptors (Lipinski definition) is 3. The molecule has 1 aliphatic heterocycles. The molecule has 3 nitrogen and oxygen atoms in total. The summed E-state index contributed by atoms with van der Waals surface area (Å²) in [5.41, 5.74) is 1.20. The number of ether oxygens (including phenoxy) is 1. The van der Waals surface area contributed by atoms with Gasteiger partial charge in [-0.15, -0.1) is 0 Å². The minimum atomic E-state index is 0.617. The lowest BCUT2D eigenvalue weighted by atomic mass is 10.0. The van der Waals surface area contributed by atoms with Crippen molar-refractivity contribution in [3.8, 4) is 5.75 Å². The third-order valence-electron chi connectivity index (χ3n) is 3.59.